The van der Waals surface area contributed by atoms with Crippen LogP contribution in [0.1, 0.15) is 17.2 Å². The van der Waals surface area contributed by atoms with E-state index in [1.807, 2.05) is 24.3 Å². The van der Waals surface area contributed by atoms with Crippen LogP contribution >= 0.6 is 27.5 Å². The van der Waals surface area contributed by atoms with Gasteiger partial charge in [-0.25, -0.2) is 4.39 Å². The molecule has 2 aromatic rings. The van der Waals surface area contributed by atoms with Gasteiger partial charge in [-0.15, -0.1) is 0 Å². The second-order valence-corrected chi connectivity index (χ2v) is 5.34. The number of aliphatic hydroxyl groups is 1. The highest BCUT2D eigenvalue weighted by Gasteiger charge is 2.12. The van der Waals surface area contributed by atoms with Crippen LogP contribution in [0.15, 0.2) is 46.9 Å². The minimum atomic E-state index is -0.737. The Morgan fingerprint density at radius 3 is 2.44 bits per heavy atom. The highest BCUT2D eigenvalue weighted by Crippen LogP contribution is 2.26. The minimum Gasteiger partial charge on any atom is -0.388 e. The molecule has 0 amide bonds. The Morgan fingerprint density at radius 1 is 1.17 bits per heavy atom. The van der Waals surface area contributed by atoms with Crippen LogP contribution in [0, 0.1) is 5.82 Å². The lowest BCUT2D eigenvalue weighted by Crippen LogP contribution is -2.02. The molecule has 0 saturated carbocycles. The van der Waals surface area contributed by atoms with E-state index >= 15 is 0 Å². The molecule has 1 nitrogen and oxygen atoms in total. The Hall–Kier alpha value is -0.900. The zero-order chi connectivity index (χ0) is 13.1. The average Bonchev–Trinajstić information content (AvgIpc) is 2.32. The summed E-state index contributed by atoms with van der Waals surface area (Å²) in [6.45, 7) is 0. The molecule has 1 unspecified atom stereocenters. The Morgan fingerprint density at radius 2 is 1.83 bits per heavy atom. The summed E-state index contributed by atoms with van der Waals surface area (Å²) in [5.41, 5.74) is 1.53. The van der Waals surface area contributed by atoms with Gasteiger partial charge in [-0.3, -0.25) is 0 Å². The fourth-order valence-electron chi connectivity index (χ4n) is 1.73. The molecule has 0 aromatic heterocycles. The Balaban J connectivity index is 2.16. The van der Waals surface area contributed by atoms with Crippen LogP contribution in [0.5, 0.6) is 0 Å². The van der Waals surface area contributed by atoms with E-state index in [-0.39, 0.29) is 5.02 Å². The lowest BCUT2D eigenvalue weighted by Gasteiger charge is -2.13. The van der Waals surface area contributed by atoms with E-state index < -0.39 is 11.9 Å². The van der Waals surface area contributed by atoms with Crippen molar-refractivity contribution in [3.63, 3.8) is 0 Å². The van der Waals surface area contributed by atoms with Crippen molar-refractivity contribution in [3.05, 3.63) is 68.9 Å². The van der Waals surface area contributed by atoms with E-state index in [0.717, 1.165) is 10.0 Å². The first-order valence-corrected chi connectivity index (χ1v) is 6.61. The fourth-order valence-corrected chi connectivity index (χ4v) is 2.28. The molecule has 18 heavy (non-hydrogen) atoms. The highest BCUT2D eigenvalue weighted by molar-refractivity contribution is 9.10. The second kappa shape index (κ2) is 5.83. The van der Waals surface area contributed by atoms with Crippen LogP contribution in [0.25, 0.3) is 0 Å². The van der Waals surface area contributed by atoms with Crippen molar-refractivity contribution in [2.24, 2.45) is 0 Å². The predicted octanol–water partition coefficient (Wildman–Crippen LogP) is 4.52. The van der Waals surface area contributed by atoms with Gasteiger partial charge in [-0.05, 0) is 35.4 Å². The third-order valence-corrected chi connectivity index (χ3v) is 3.52. The summed E-state index contributed by atoms with van der Waals surface area (Å²) in [4.78, 5) is 0. The largest absolute Gasteiger partial charge is 0.388 e. The van der Waals surface area contributed by atoms with Gasteiger partial charge in [0.15, 0.2) is 0 Å². The Bertz CT molecular complexity index is 542. The molecule has 2 rings (SSSR count). The lowest BCUT2D eigenvalue weighted by molar-refractivity contribution is 0.178. The number of rotatable bonds is 3. The quantitative estimate of drug-likeness (QED) is 0.878. The first-order valence-electron chi connectivity index (χ1n) is 5.44. The van der Waals surface area contributed by atoms with Crippen molar-refractivity contribution in [2.45, 2.75) is 12.5 Å². The first kappa shape index (κ1) is 13.5. The van der Waals surface area contributed by atoms with Crippen molar-refractivity contribution in [3.8, 4) is 0 Å². The summed E-state index contributed by atoms with van der Waals surface area (Å²) < 4.78 is 13.9. The maximum Gasteiger partial charge on any atom is 0.124 e. The summed E-state index contributed by atoms with van der Waals surface area (Å²) in [5.74, 6) is -0.403. The molecular weight excluding hydrogens is 319 g/mol. The van der Waals surface area contributed by atoms with E-state index in [2.05, 4.69) is 15.9 Å². The zero-order valence-corrected chi connectivity index (χ0v) is 11.7. The molecule has 0 radical (unpaired) electrons. The average molecular weight is 330 g/mol. The molecule has 0 spiro atoms. The van der Waals surface area contributed by atoms with E-state index in [4.69, 9.17) is 11.6 Å². The van der Waals surface area contributed by atoms with Crippen LogP contribution < -0.4 is 0 Å². The molecule has 4 heteroatoms. The number of benzene rings is 2. The standard InChI is InChI=1S/C14H11BrClFO/c15-10-3-1-9(2-4-10)7-14(18)12-6-5-11(17)8-13(12)16/h1-6,8,14,18H,7H2. The maximum absolute atomic E-state index is 12.9. The molecule has 1 N–H and O–H groups in total. The normalized spacial score (nSPS) is 12.4. The van der Waals surface area contributed by atoms with Gasteiger partial charge in [0.1, 0.15) is 5.82 Å². The summed E-state index contributed by atoms with van der Waals surface area (Å²) >= 11 is 9.26. The molecular formula is C14H11BrClFO. The number of hydrogen-bond acceptors (Lipinski definition) is 1. The number of halogens is 3. The monoisotopic (exact) mass is 328 g/mol. The van der Waals surface area contributed by atoms with Crippen molar-refractivity contribution < 1.29 is 9.50 Å². The zero-order valence-electron chi connectivity index (χ0n) is 9.41. The molecule has 0 bridgehead atoms. The van der Waals surface area contributed by atoms with Crippen molar-refractivity contribution in [2.75, 3.05) is 0 Å². The fraction of sp³-hybridized carbons (Fsp3) is 0.143. The molecule has 0 saturated heterocycles. The second-order valence-electron chi connectivity index (χ2n) is 4.01. The van der Waals surface area contributed by atoms with Crippen molar-refractivity contribution in [1.82, 2.24) is 0 Å². The van der Waals surface area contributed by atoms with Gasteiger partial charge < -0.3 is 5.11 Å². The van der Waals surface area contributed by atoms with Crippen LogP contribution in [0.2, 0.25) is 5.02 Å². The third-order valence-electron chi connectivity index (χ3n) is 2.66. The molecule has 0 aliphatic rings. The van der Waals surface area contributed by atoms with Crippen LogP contribution in [-0.4, -0.2) is 5.11 Å². The van der Waals surface area contributed by atoms with Gasteiger partial charge in [0, 0.05) is 15.9 Å². The van der Waals surface area contributed by atoms with Gasteiger partial charge in [-0.2, -0.15) is 0 Å². The van der Waals surface area contributed by atoms with Crippen LogP contribution in [-0.2, 0) is 6.42 Å². The topological polar surface area (TPSA) is 20.2 Å². The van der Waals surface area contributed by atoms with Crippen LogP contribution in [0.3, 0.4) is 0 Å². The smallest absolute Gasteiger partial charge is 0.124 e. The van der Waals surface area contributed by atoms with E-state index in [0.29, 0.717) is 12.0 Å². The van der Waals surface area contributed by atoms with Crippen molar-refractivity contribution in [1.29, 1.82) is 0 Å². The van der Waals surface area contributed by atoms with Gasteiger partial charge in [0.25, 0.3) is 0 Å². The van der Waals surface area contributed by atoms with E-state index in [9.17, 15) is 9.50 Å². The molecule has 0 heterocycles. The van der Waals surface area contributed by atoms with Crippen molar-refractivity contribution >= 4 is 27.5 Å². The lowest BCUT2D eigenvalue weighted by atomic mass is 10.0. The van der Waals surface area contributed by atoms with Gasteiger partial charge in [0.2, 0.25) is 0 Å². The number of aliphatic hydroxyl groups excluding tert-OH is 1. The Kier molecular flexibility index (Phi) is 4.38. The van der Waals surface area contributed by atoms with Gasteiger partial charge in [-0.1, -0.05) is 45.7 Å². The van der Waals surface area contributed by atoms with Crippen LogP contribution in [0.4, 0.5) is 4.39 Å². The van der Waals surface area contributed by atoms with Gasteiger partial charge >= 0.3 is 0 Å². The van der Waals surface area contributed by atoms with E-state index in [1.54, 1.807) is 0 Å². The Labute approximate surface area is 118 Å². The predicted molar refractivity (Wildman–Crippen MR) is 74.2 cm³/mol. The summed E-state index contributed by atoms with van der Waals surface area (Å²) in [6, 6.07) is 11.7. The highest BCUT2D eigenvalue weighted by atomic mass is 79.9. The molecule has 94 valence electrons. The molecule has 0 aliphatic heterocycles. The molecule has 0 fully saturated rings. The molecule has 1 atom stereocenters. The van der Waals surface area contributed by atoms with E-state index in [1.165, 1.54) is 18.2 Å². The summed E-state index contributed by atoms with van der Waals surface area (Å²) in [5, 5.41) is 10.3. The summed E-state index contributed by atoms with van der Waals surface area (Å²) in [6.07, 6.45) is -0.294. The number of hydrogen-bond donors (Lipinski definition) is 1. The molecule has 2 aromatic carbocycles. The molecule has 0 aliphatic carbocycles. The minimum absolute atomic E-state index is 0.250. The third kappa shape index (κ3) is 3.31. The SMILES string of the molecule is OC(Cc1ccc(Br)cc1)c1ccc(F)cc1Cl. The summed E-state index contributed by atoms with van der Waals surface area (Å²) in [7, 11) is 0. The van der Waals surface area contributed by atoms with Gasteiger partial charge in [0.05, 0.1) is 6.10 Å². The maximum atomic E-state index is 12.9. The first-order chi connectivity index (χ1) is 8.56.